The number of nitrogens with two attached hydrogens (primary N) is 1. The number of carbonyl (C=O) groups is 3. The van der Waals surface area contributed by atoms with Crippen LogP contribution in [-0.2, 0) is 16.1 Å². The Morgan fingerprint density at radius 3 is 2.71 bits per heavy atom. The number of Topliss-reactive ketones (excluding diaryl/α,β-unsaturated/α-hetero) is 1. The molecule has 8 nitrogen and oxygen atoms in total. The number of esters is 1. The van der Waals surface area contributed by atoms with Crippen molar-refractivity contribution in [1.82, 2.24) is 4.90 Å². The highest BCUT2D eigenvalue weighted by Crippen LogP contribution is 2.27. The SMILES string of the molecule is CCOC(=O)COc1ccc(C(=O)CN2Cc3cc(N)ccc3C2=O)c(O)c1. The number of hydrogen-bond donors (Lipinski definition) is 2. The highest BCUT2D eigenvalue weighted by molar-refractivity contribution is 6.05. The van der Waals surface area contributed by atoms with Crippen LogP contribution in [0.3, 0.4) is 0 Å². The molecule has 1 amide bonds. The molecular formula is C20H20N2O6. The Hall–Kier alpha value is -3.55. The van der Waals surface area contributed by atoms with Crippen molar-refractivity contribution in [3.8, 4) is 11.5 Å². The van der Waals surface area contributed by atoms with Crippen LogP contribution >= 0.6 is 0 Å². The summed E-state index contributed by atoms with van der Waals surface area (Å²) in [5, 5.41) is 10.1. The molecule has 3 rings (SSSR count). The number of anilines is 1. The number of phenolic OH excluding ortho intramolecular Hbond substituents is 1. The van der Waals surface area contributed by atoms with Crippen molar-refractivity contribution in [3.05, 3.63) is 53.1 Å². The molecule has 0 fully saturated rings. The van der Waals surface area contributed by atoms with Gasteiger partial charge in [0.2, 0.25) is 0 Å². The lowest BCUT2D eigenvalue weighted by Gasteiger charge is -2.15. The number of benzene rings is 2. The number of rotatable bonds is 7. The van der Waals surface area contributed by atoms with Gasteiger partial charge in [-0.3, -0.25) is 9.59 Å². The van der Waals surface area contributed by atoms with Crippen LogP contribution in [0.25, 0.3) is 0 Å². The zero-order valence-electron chi connectivity index (χ0n) is 15.3. The van der Waals surface area contributed by atoms with Crippen LogP contribution in [0.5, 0.6) is 11.5 Å². The highest BCUT2D eigenvalue weighted by atomic mass is 16.6. The summed E-state index contributed by atoms with van der Waals surface area (Å²) in [6.45, 7) is 1.73. The van der Waals surface area contributed by atoms with Crippen LogP contribution in [0.1, 0.15) is 33.2 Å². The zero-order valence-corrected chi connectivity index (χ0v) is 15.3. The lowest BCUT2D eigenvalue weighted by Crippen LogP contribution is -2.30. The van der Waals surface area contributed by atoms with Gasteiger partial charge in [0.15, 0.2) is 12.4 Å². The molecule has 0 bridgehead atoms. The van der Waals surface area contributed by atoms with Crippen LogP contribution in [0.2, 0.25) is 0 Å². The number of fused-ring (bicyclic) bond motifs is 1. The predicted molar refractivity (Wildman–Crippen MR) is 100 cm³/mol. The van der Waals surface area contributed by atoms with Gasteiger partial charge < -0.3 is 25.2 Å². The topological polar surface area (TPSA) is 119 Å². The van der Waals surface area contributed by atoms with E-state index in [0.29, 0.717) is 11.3 Å². The molecule has 0 aliphatic carbocycles. The first kappa shape index (κ1) is 19.2. The van der Waals surface area contributed by atoms with Crippen LogP contribution < -0.4 is 10.5 Å². The maximum absolute atomic E-state index is 12.6. The van der Waals surface area contributed by atoms with Crippen molar-refractivity contribution in [3.63, 3.8) is 0 Å². The minimum atomic E-state index is -0.533. The van der Waals surface area contributed by atoms with Gasteiger partial charge in [-0.25, -0.2) is 4.79 Å². The lowest BCUT2D eigenvalue weighted by molar-refractivity contribution is -0.145. The minimum Gasteiger partial charge on any atom is -0.507 e. The molecule has 2 aromatic carbocycles. The van der Waals surface area contributed by atoms with E-state index in [1.165, 1.54) is 23.1 Å². The number of nitrogen functional groups attached to an aromatic ring is 1. The Bertz CT molecular complexity index is 940. The van der Waals surface area contributed by atoms with Gasteiger partial charge in [0.05, 0.1) is 18.7 Å². The molecule has 1 aliphatic rings. The molecule has 2 aromatic rings. The fourth-order valence-corrected chi connectivity index (χ4v) is 2.97. The summed E-state index contributed by atoms with van der Waals surface area (Å²) >= 11 is 0. The normalized spacial score (nSPS) is 12.6. The molecule has 8 heteroatoms. The van der Waals surface area contributed by atoms with Crippen molar-refractivity contribution in [1.29, 1.82) is 0 Å². The van der Waals surface area contributed by atoms with Crippen LogP contribution in [0.4, 0.5) is 5.69 Å². The quantitative estimate of drug-likeness (QED) is 0.424. The van der Waals surface area contributed by atoms with Gasteiger partial charge in [-0.05, 0) is 42.8 Å². The Morgan fingerprint density at radius 2 is 2.00 bits per heavy atom. The average molecular weight is 384 g/mol. The number of amides is 1. The molecule has 3 N–H and O–H groups in total. The summed E-state index contributed by atoms with van der Waals surface area (Å²) in [5.41, 5.74) is 7.64. The molecule has 1 aliphatic heterocycles. The number of carbonyl (C=O) groups excluding carboxylic acids is 3. The largest absolute Gasteiger partial charge is 0.507 e. The van der Waals surface area contributed by atoms with Crippen molar-refractivity contribution in [2.45, 2.75) is 13.5 Å². The standard InChI is InChI=1S/C20H20N2O6/c1-2-27-19(25)11-28-14-4-6-16(17(23)8-14)18(24)10-22-9-12-7-13(21)3-5-15(12)20(22)26/h3-8,23H,2,9-11,21H2,1H3. The molecule has 28 heavy (non-hydrogen) atoms. The van der Waals surface area contributed by atoms with E-state index in [0.717, 1.165) is 5.56 Å². The summed E-state index contributed by atoms with van der Waals surface area (Å²) in [4.78, 5) is 37.7. The van der Waals surface area contributed by atoms with Gasteiger partial charge in [0.1, 0.15) is 11.5 Å². The molecule has 0 unspecified atom stereocenters. The molecule has 0 atom stereocenters. The first-order chi connectivity index (χ1) is 13.4. The first-order valence-electron chi connectivity index (χ1n) is 8.71. The molecule has 0 saturated carbocycles. The van der Waals surface area contributed by atoms with Gasteiger partial charge in [-0.1, -0.05) is 0 Å². The molecule has 1 heterocycles. The molecule has 0 radical (unpaired) electrons. The second-order valence-corrected chi connectivity index (χ2v) is 6.27. The molecule has 146 valence electrons. The van der Waals surface area contributed by atoms with Crippen LogP contribution in [0.15, 0.2) is 36.4 Å². The van der Waals surface area contributed by atoms with Gasteiger partial charge in [0, 0.05) is 23.9 Å². The van der Waals surface area contributed by atoms with Crippen LogP contribution in [-0.4, -0.2) is 47.4 Å². The van der Waals surface area contributed by atoms with E-state index in [9.17, 15) is 19.5 Å². The van der Waals surface area contributed by atoms with Crippen molar-refractivity contribution in [2.75, 3.05) is 25.5 Å². The molecular weight excluding hydrogens is 364 g/mol. The van der Waals surface area contributed by atoms with Gasteiger partial charge >= 0.3 is 5.97 Å². The second kappa shape index (κ2) is 7.99. The fraction of sp³-hybridized carbons (Fsp3) is 0.250. The van der Waals surface area contributed by atoms with Crippen molar-refractivity contribution in [2.24, 2.45) is 0 Å². The molecule has 0 spiro atoms. The maximum Gasteiger partial charge on any atom is 0.344 e. The average Bonchev–Trinajstić information content (AvgIpc) is 2.95. The number of ether oxygens (including phenoxy) is 2. The Balaban J connectivity index is 1.65. The minimum absolute atomic E-state index is 0.0618. The number of nitrogens with zero attached hydrogens (tertiary/aromatic N) is 1. The number of aromatic hydroxyl groups is 1. The van der Waals surface area contributed by atoms with Crippen molar-refractivity contribution < 1.29 is 29.0 Å². The van der Waals surface area contributed by atoms with E-state index in [1.807, 2.05) is 0 Å². The van der Waals surface area contributed by atoms with Crippen LogP contribution in [0, 0.1) is 0 Å². The second-order valence-electron chi connectivity index (χ2n) is 6.27. The van der Waals surface area contributed by atoms with E-state index in [-0.39, 0.29) is 49.3 Å². The van der Waals surface area contributed by atoms with E-state index in [4.69, 9.17) is 15.2 Å². The molecule has 0 aromatic heterocycles. The van der Waals surface area contributed by atoms with E-state index >= 15 is 0 Å². The predicted octanol–water partition coefficient (Wildman–Crippen LogP) is 1.75. The fourth-order valence-electron chi connectivity index (χ4n) is 2.97. The summed E-state index contributed by atoms with van der Waals surface area (Å²) in [6.07, 6.45) is 0. The summed E-state index contributed by atoms with van der Waals surface area (Å²) in [5.74, 6) is -1.27. The monoisotopic (exact) mass is 384 g/mol. The number of hydrogen-bond acceptors (Lipinski definition) is 7. The van der Waals surface area contributed by atoms with E-state index in [1.54, 1.807) is 25.1 Å². The molecule has 0 saturated heterocycles. The Morgan fingerprint density at radius 1 is 1.21 bits per heavy atom. The number of phenols is 1. The summed E-state index contributed by atoms with van der Waals surface area (Å²) < 4.78 is 9.97. The highest BCUT2D eigenvalue weighted by Gasteiger charge is 2.29. The smallest absolute Gasteiger partial charge is 0.344 e. The Labute approximate surface area is 161 Å². The van der Waals surface area contributed by atoms with Gasteiger partial charge in [-0.15, -0.1) is 0 Å². The van der Waals surface area contributed by atoms with E-state index in [2.05, 4.69) is 0 Å². The third-order valence-corrected chi connectivity index (χ3v) is 4.27. The summed E-state index contributed by atoms with van der Waals surface area (Å²) in [6, 6.07) is 9.10. The number of ketones is 1. The zero-order chi connectivity index (χ0) is 20.3. The summed E-state index contributed by atoms with van der Waals surface area (Å²) in [7, 11) is 0. The van der Waals surface area contributed by atoms with E-state index < -0.39 is 11.8 Å². The van der Waals surface area contributed by atoms with Crippen molar-refractivity contribution >= 4 is 23.3 Å². The third kappa shape index (κ3) is 4.06. The maximum atomic E-state index is 12.6. The first-order valence-corrected chi connectivity index (χ1v) is 8.71. The lowest BCUT2D eigenvalue weighted by atomic mass is 10.1. The van der Waals surface area contributed by atoms with Gasteiger partial charge in [-0.2, -0.15) is 0 Å². The third-order valence-electron chi connectivity index (χ3n) is 4.27. The Kier molecular flexibility index (Phi) is 5.49. The van der Waals surface area contributed by atoms with Gasteiger partial charge in [0.25, 0.3) is 5.91 Å².